The predicted octanol–water partition coefficient (Wildman–Crippen LogP) is 1.51. The third-order valence-electron chi connectivity index (χ3n) is 3.88. The minimum atomic E-state index is -4.36. The van der Waals surface area contributed by atoms with E-state index in [0.29, 0.717) is 32.7 Å². The number of alkyl halides is 3. The maximum Gasteiger partial charge on any atom is 0.411 e. The lowest BCUT2D eigenvalue weighted by Crippen LogP contribution is -2.51. The summed E-state index contributed by atoms with van der Waals surface area (Å²) in [6.45, 7) is 7.28. The monoisotopic (exact) mass is 340 g/mol. The highest BCUT2D eigenvalue weighted by molar-refractivity contribution is 5.76. The molecule has 1 fully saturated rings. The molecule has 136 valence electrons. The van der Waals surface area contributed by atoms with E-state index in [1.165, 1.54) is 0 Å². The summed E-state index contributed by atoms with van der Waals surface area (Å²) in [5.41, 5.74) is -0.192. The number of nitrogens with zero attached hydrogens (tertiary/aromatic N) is 2. The van der Waals surface area contributed by atoms with Crippen LogP contribution in [0.5, 0.6) is 0 Å². The lowest BCUT2D eigenvalue weighted by atomic mass is 9.89. The molecular weight excluding hydrogens is 313 g/mol. The molecule has 0 saturated carbocycles. The Bertz CT molecular complexity index is 375. The van der Waals surface area contributed by atoms with Gasteiger partial charge in [-0.1, -0.05) is 20.8 Å². The third kappa shape index (κ3) is 7.99. The second-order valence-electron chi connectivity index (χ2n) is 6.98. The van der Waals surface area contributed by atoms with E-state index in [0.717, 1.165) is 0 Å². The predicted molar refractivity (Wildman–Crippen MR) is 80.0 cm³/mol. The summed E-state index contributed by atoms with van der Waals surface area (Å²) in [4.78, 5) is 15.6. The normalized spacial score (nSPS) is 19.0. The molecule has 23 heavy (non-hydrogen) atoms. The van der Waals surface area contributed by atoms with Crippen molar-refractivity contribution >= 4 is 5.91 Å². The van der Waals surface area contributed by atoms with E-state index >= 15 is 0 Å². The van der Waals surface area contributed by atoms with Crippen LogP contribution in [0.3, 0.4) is 0 Å². The number of halogens is 3. The van der Waals surface area contributed by atoms with Gasteiger partial charge in [0.05, 0.1) is 19.1 Å². The highest BCUT2D eigenvalue weighted by Crippen LogP contribution is 2.20. The van der Waals surface area contributed by atoms with Gasteiger partial charge in [0.1, 0.15) is 6.61 Å². The van der Waals surface area contributed by atoms with Crippen LogP contribution in [-0.2, 0) is 9.53 Å². The number of carbonyl (C=O) groups excluding carboxylic acids is 1. The molecule has 0 unspecified atom stereocenters. The van der Waals surface area contributed by atoms with Crippen LogP contribution in [0.2, 0.25) is 0 Å². The van der Waals surface area contributed by atoms with Gasteiger partial charge in [0.2, 0.25) is 5.91 Å². The van der Waals surface area contributed by atoms with Crippen LogP contribution in [0.25, 0.3) is 0 Å². The molecule has 0 aromatic heterocycles. The van der Waals surface area contributed by atoms with Crippen molar-refractivity contribution in [3.05, 3.63) is 0 Å². The molecule has 1 amide bonds. The topological polar surface area (TPSA) is 53.0 Å². The average molecular weight is 340 g/mol. The Morgan fingerprint density at radius 3 is 2.22 bits per heavy atom. The van der Waals surface area contributed by atoms with Crippen molar-refractivity contribution in [2.75, 3.05) is 45.9 Å². The average Bonchev–Trinajstić information content (AvgIpc) is 2.42. The maximum atomic E-state index is 11.9. The van der Waals surface area contributed by atoms with Crippen LogP contribution in [0.15, 0.2) is 0 Å². The van der Waals surface area contributed by atoms with Gasteiger partial charge in [-0.2, -0.15) is 13.2 Å². The summed E-state index contributed by atoms with van der Waals surface area (Å²) in [6, 6.07) is 0. The van der Waals surface area contributed by atoms with E-state index in [1.807, 2.05) is 20.8 Å². The first kappa shape index (κ1) is 20.2. The van der Waals surface area contributed by atoms with Gasteiger partial charge in [-0.25, -0.2) is 0 Å². The minimum Gasteiger partial charge on any atom is -0.391 e. The zero-order chi connectivity index (χ0) is 17.7. The number of amides is 1. The fraction of sp³-hybridized carbons (Fsp3) is 0.933. The number of aliphatic hydroxyl groups is 1. The second-order valence-corrected chi connectivity index (χ2v) is 6.98. The van der Waals surface area contributed by atoms with Crippen LogP contribution in [0.1, 0.15) is 27.2 Å². The Hall–Kier alpha value is -0.860. The molecule has 1 rings (SSSR count). The van der Waals surface area contributed by atoms with Crippen LogP contribution >= 0.6 is 0 Å². The highest BCUT2D eigenvalue weighted by Gasteiger charge is 2.29. The quantitative estimate of drug-likeness (QED) is 0.745. The number of rotatable bonds is 6. The van der Waals surface area contributed by atoms with Crippen molar-refractivity contribution in [3.63, 3.8) is 0 Å². The first-order valence-corrected chi connectivity index (χ1v) is 7.82. The first-order valence-electron chi connectivity index (χ1n) is 7.82. The molecule has 1 atom stereocenters. The molecule has 0 bridgehead atoms. The number of hydrogen-bond donors (Lipinski definition) is 1. The number of piperazine rings is 1. The lowest BCUT2D eigenvalue weighted by Gasteiger charge is -2.38. The number of hydrogen-bond acceptors (Lipinski definition) is 4. The Morgan fingerprint density at radius 2 is 1.74 bits per heavy atom. The van der Waals surface area contributed by atoms with Crippen molar-refractivity contribution in [1.82, 2.24) is 9.80 Å². The van der Waals surface area contributed by atoms with Crippen molar-refractivity contribution in [1.29, 1.82) is 0 Å². The van der Waals surface area contributed by atoms with Gasteiger partial charge in [0.25, 0.3) is 0 Å². The fourth-order valence-corrected chi connectivity index (χ4v) is 2.20. The van der Waals surface area contributed by atoms with Crippen LogP contribution < -0.4 is 0 Å². The van der Waals surface area contributed by atoms with Gasteiger partial charge in [-0.05, 0) is 5.41 Å². The number of carbonyl (C=O) groups is 1. The van der Waals surface area contributed by atoms with E-state index in [1.54, 1.807) is 4.90 Å². The zero-order valence-corrected chi connectivity index (χ0v) is 14.0. The third-order valence-corrected chi connectivity index (χ3v) is 3.88. The Labute approximate surface area is 135 Å². The Morgan fingerprint density at radius 1 is 1.17 bits per heavy atom. The molecule has 1 heterocycles. The molecule has 1 N–H and O–H groups in total. The van der Waals surface area contributed by atoms with Crippen molar-refractivity contribution in [2.45, 2.75) is 39.5 Å². The van der Waals surface area contributed by atoms with Gasteiger partial charge < -0.3 is 14.7 Å². The van der Waals surface area contributed by atoms with Crippen LogP contribution in [0.4, 0.5) is 13.2 Å². The number of β-amino-alcohol motifs (C(OH)–C–C–N with tert-alkyl or cyclic N) is 1. The molecule has 0 radical (unpaired) electrons. The zero-order valence-electron chi connectivity index (χ0n) is 14.0. The van der Waals surface area contributed by atoms with Gasteiger partial charge >= 0.3 is 6.18 Å². The second kappa shape index (κ2) is 8.30. The lowest BCUT2D eigenvalue weighted by molar-refractivity contribution is -0.175. The SMILES string of the molecule is CC(C)(C)[C@@H](O)CN1CCN(C(=O)CCOCC(F)(F)F)CC1. The molecule has 8 heteroatoms. The summed E-state index contributed by atoms with van der Waals surface area (Å²) >= 11 is 0. The molecule has 0 aromatic rings. The van der Waals surface area contributed by atoms with Gasteiger partial charge in [0, 0.05) is 32.7 Å². The first-order chi connectivity index (χ1) is 10.5. The van der Waals surface area contributed by atoms with Crippen LogP contribution in [0, 0.1) is 5.41 Å². The van der Waals surface area contributed by atoms with Crippen LogP contribution in [-0.4, -0.2) is 79.0 Å². The standard InChI is InChI=1S/C15H27F3N2O3/c1-14(2,3)12(21)10-19-5-7-20(8-6-19)13(22)4-9-23-11-15(16,17)18/h12,21H,4-11H2,1-3H3/t12-/m0/s1. The van der Waals surface area contributed by atoms with E-state index < -0.39 is 18.9 Å². The smallest absolute Gasteiger partial charge is 0.391 e. The maximum absolute atomic E-state index is 11.9. The Kier molecular flexibility index (Phi) is 7.29. The molecule has 0 aliphatic carbocycles. The summed E-state index contributed by atoms with van der Waals surface area (Å²) in [5, 5.41) is 10.1. The number of aliphatic hydroxyl groups excluding tert-OH is 1. The Balaban J connectivity index is 2.24. The molecule has 0 aromatic carbocycles. The molecule has 5 nitrogen and oxygen atoms in total. The van der Waals surface area contributed by atoms with E-state index in [2.05, 4.69) is 9.64 Å². The minimum absolute atomic E-state index is 0.0410. The number of ether oxygens (including phenoxy) is 1. The molecular formula is C15H27F3N2O3. The molecule has 0 spiro atoms. The van der Waals surface area contributed by atoms with Gasteiger partial charge in [-0.3, -0.25) is 9.69 Å². The molecule has 1 aliphatic rings. The summed E-state index contributed by atoms with van der Waals surface area (Å²) < 4.78 is 40.2. The largest absolute Gasteiger partial charge is 0.411 e. The highest BCUT2D eigenvalue weighted by atomic mass is 19.4. The summed E-state index contributed by atoms with van der Waals surface area (Å²) in [6.07, 6.45) is -4.84. The van der Waals surface area contributed by atoms with Crippen molar-refractivity contribution in [3.8, 4) is 0 Å². The fourth-order valence-electron chi connectivity index (χ4n) is 2.20. The molecule has 1 saturated heterocycles. The van der Waals surface area contributed by atoms with Gasteiger partial charge in [0.15, 0.2) is 0 Å². The summed E-state index contributed by atoms with van der Waals surface area (Å²) in [7, 11) is 0. The molecule has 1 aliphatic heterocycles. The van der Waals surface area contributed by atoms with Crippen molar-refractivity contribution < 1.29 is 27.8 Å². The van der Waals surface area contributed by atoms with E-state index in [-0.39, 0.29) is 24.3 Å². The summed E-state index contributed by atoms with van der Waals surface area (Å²) in [5.74, 6) is -0.191. The van der Waals surface area contributed by atoms with Crippen molar-refractivity contribution in [2.24, 2.45) is 5.41 Å². The van der Waals surface area contributed by atoms with E-state index in [9.17, 15) is 23.1 Å². The van der Waals surface area contributed by atoms with Gasteiger partial charge in [-0.15, -0.1) is 0 Å². The van der Waals surface area contributed by atoms with E-state index in [4.69, 9.17) is 0 Å².